The average Bonchev–Trinajstić information content (AvgIpc) is 3.00. The summed E-state index contributed by atoms with van der Waals surface area (Å²) in [4.78, 5) is 36.0. The van der Waals surface area contributed by atoms with Crippen LogP contribution in [0.5, 0.6) is 0 Å². The molecule has 1 aliphatic carbocycles. The van der Waals surface area contributed by atoms with E-state index in [1.54, 1.807) is 35.2 Å². The molecule has 140 valence electrons. The molecule has 0 saturated heterocycles. The summed E-state index contributed by atoms with van der Waals surface area (Å²) >= 11 is 2.98. The van der Waals surface area contributed by atoms with Crippen molar-refractivity contribution in [3.63, 3.8) is 0 Å². The third-order valence-corrected chi connectivity index (χ3v) is 7.12. The second-order valence-corrected chi connectivity index (χ2v) is 9.20. The Kier molecular flexibility index (Phi) is 5.14. The first-order valence-corrected chi connectivity index (χ1v) is 10.9. The van der Waals surface area contributed by atoms with Gasteiger partial charge < -0.3 is 0 Å². The van der Waals surface area contributed by atoms with E-state index in [1.165, 1.54) is 22.2 Å². The summed E-state index contributed by atoms with van der Waals surface area (Å²) in [5.74, 6) is 1.03. The van der Waals surface area contributed by atoms with Gasteiger partial charge in [-0.1, -0.05) is 24.8 Å². The standard InChI is InChI=1S/C20H21N3O2S2/c1-12-5-6-15-16(8-12)27-18-17(15)19(25)23(10-14-4-3-7-21-9-14)20(22-18)26-11-13(2)24/h3-4,7,9,12H,5-6,8,10-11H2,1-2H3/t12-/m0/s1. The minimum atomic E-state index is 0.00181. The predicted octanol–water partition coefficient (Wildman–Crippen LogP) is 3.71. The van der Waals surface area contributed by atoms with Gasteiger partial charge in [0.25, 0.3) is 5.56 Å². The number of hydrogen-bond acceptors (Lipinski definition) is 6. The minimum Gasteiger partial charge on any atom is -0.299 e. The molecule has 3 heterocycles. The van der Waals surface area contributed by atoms with Gasteiger partial charge in [0, 0.05) is 17.3 Å². The molecule has 0 saturated carbocycles. The molecule has 0 fully saturated rings. The zero-order valence-corrected chi connectivity index (χ0v) is 17.0. The molecule has 0 aliphatic heterocycles. The van der Waals surface area contributed by atoms with Crippen LogP contribution in [-0.2, 0) is 24.2 Å². The van der Waals surface area contributed by atoms with Crippen LogP contribution in [0.1, 0.15) is 36.3 Å². The van der Waals surface area contributed by atoms with E-state index >= 15 is 0 Å². The molecule has 0 N–H and O–H groups in total. The highest BCUT2D eigenvalue weighted by atomic mass is 32.2. The van der Waals surface area contributed by atoms with Crippen molar-refractivity contribution in [2.45, 2.75) is 44.8 Å². The Morgan fingerprint density at radius 3 is 3.04 bits per heavy atom. The smallest absolute Gasteiger partial charge is 0.263 e. The zero-order chi connectivity index (χ0) is 19.0. The molecule has 1 aliphatic rings. The molecule has 4 rings (SSSR count). The van der Waals surface area contributed by atoms with Crippen molar-refractivity contribution in [1.82, 2.24) is 14.5 Å². The first-order chi connectivity index (χ1) is 13.0. The maximum Gasteiger partial charge on any atom is 0.263 e. The summed E-state index contributed by atoms with van der Waals surface area (Å²) in [5.41, 5.74) is 2.14. The summed E-state index contributed by atoms with van der Waals surface area (Å²) < 4.78 is 1.71. The van der Waals surface area contributed by atoms with Gasteiger partial charge in [0.2, 0.25) is 0 Å². The van der Waals surface area contributed by atoms with Gasteiger partial charge in [-0.3, -0.25) is 19.1 Å². The highest BCUT2D eigenvalue weighted by molar-refractivity contribution is 7.99. The van der Waals surface area contributed by atoms with Gasteiger partial charge in [0.05, 0.1) is 17.7 Å². The number of rotatable bonds is 5. The molecule has 5 nitrogen and oxygen atoms in total. The molecule has 0 aromatic carbocycles. The van der Waals surface area contributed by atoms with Gasteiger partial charge in [0.15, 0.2) is 5.16 Å². The summed E-state index contributed by atoms with van der Waals surface area (Å²) in [6.07, 6.45) is 6.56. The number of carbonyl (C=O) groups is 1. The van der Waals surface area contributed by atoms with E-state index in [0.29, 0.717) is 23.4 Å². The second kappa shape index (κ2) is 7.56. The average molecular weight is 400 g/mol. The van der Waals surface area contributed by atoms with E-state index in [1.807, 2.05) is 12.1 Å². The molecule has 3 aromatic rings. The lowest BCUT2D eigenvalue weighted by atomic mass is 9.89. The second-order valence-electron chi connectivity index (χ2n) is 7.17. The van der Waals surface area contributed by atoms with E-state index in [4.69, 9.17) is 4.98 Å². The summed E-state index contributed by atoms with van der Waals surface area (Å²) in [7, 11) is 0. The fourth-order valence-electron chi connectivity index (χ4n) is 3.49. The monoisotopic (exact) mass is 399 g/mol. The van der Waals surface area contributed by atoms with E-state index in [-0.39, 0.29) is 11.3 Å². The van der Waals surface area contributed by atoms with Gasteiger partial charge >= 0.3 is 0 Å². The maximum absolute atomic E-state index is 13.4. The van der Waals surface area contributed by atoms with Crippen LogP contribution in [0.25, 0.3) is 10.2 Å². The largest absolute Gasteiger partial charge is 0.299 e. The maximum atomic E-state index is 13.4. The summed E-state index contributed by atoms with van der Waals surface area (Å²) in [6, 6.07) is 3.82. The number of thiophene rings is 1. The lowest BCUT2D eigenvalue weighted by molar-refractivity contribution is -0.114. The highest BCUT2D eigenvalue weighted by Gasteiger charge is 2.24. The van der Waals surface area contributed by atoms with Crippen LogP contribution in [0.3, 0.4) is 0 Å². The number of aryl methyl sites for hydroxylation is 1. The van der Waals surface area contributed by atoms with Crippen molar-refractivity contribution >= 4 is 39.1 Å². The number of fused-ring (bicyclic) bond motifs is 3. The number of ketones is 1. The van der Waals surface area contributed by atoms with Crippen LogP contribution in [-0.4, -0.2) is 26.1 Å². The number of nitrogens with zero attached hydrogens (tertiary/aromatic N) is 3. The number of Topliss-reactive ketones (excluding diaryl/α,β-unsaturated/α-hetero) is 1. The molecule has 7 heteroatoms. The van der Waals surface area contributed by atoms with Crippen LogP contribution in [0, 0.1) is 5.92 Å². The number of carbonyl (C=O) groups excluding carboxylic acids is 1. The first kappa shape index (κ1) is 18.4. The van der Waals surface area contributed by atoms with Crippen LogP contribution >= 0.6 is 23.1 Å². The van der Waals surface area contributed by atoms with E-state index in [0.717, 1.165) is 35.0 Å². The van der Waals surface area contributed by atoms with Crippen molar-refractivity contribution < 1.29 is 4.79 Å². The molecular weight excluding hydrogens is 378 g/mol. The van der Waals surface area contributed by atoms with Crippen molar-refractivity contribution in [1.29, 1.82) is 0 Å². The molecule has 0 unspecified atom stereocenters. The molecule has 0 bridgehead atoms. The number of pyridine rings is 1. The first-order valence-electron chi connectivity index (χ1n) is 9.09. The molecule has 3 aromatic heterocycles. The zero-order valence-electron chi connectivity index (χ0n) is 15.4. The molecule has 27 heavy (non-hydrogen) atoms. The third kappa shape index (κ3) is 3.71. The Hall–Kier alpha value is -1.99. The number of aromatic nitrogens is 3. The quantitative estimate of drug-likeness (QED) is 0.483. The Balaban J connectivity index is 1.86. The fraction of sp³-hybridized carbons (Fsp3) is 0.400. The summed E-state index contributed by atoms with van der Waals surface area (Å²) in [5, 5.41) is 1.39. The van der Waals surface area contributed by atoms with E-state index in [2.05, 4.69) is 11.9 Å². The Bertz CT molecular complexity index is 1060. The van der Waals surface area contributed by atoms with Gasteiger partial charge in [-0.05, 0) is 49.3 Å². The molecular formula is C20H21N3O2S2. The minimum absolute atomic E-state index is 0.00181. The van der Waals surface area contributed by atoms with Gasteiger partial charge in [0.1, 0.15) is 10.6 Å². The highest BCUT2D eigenvalue weighted by Crippen LogP contribution is 2.36. The van der Waals surface area contributed by atoms with Gasteiger partial charge in [-0.25, -0.2) is 4.98 Å². The van der Waals surface area contributed by atoms with Crippen molar-refractivity contribution in [3.8, 4) is 0 Å². The number of thioether (sulfide) groups is 1. The van der Waals surface area contributed by atoms with Crippen molar-refractivity contribution in [2.75, 3.05) is 5.75 Å². The van der Waals surface area contributed by atoms with Crippen LogP contribution < -0.4 is 5.56 Å². The Morgan fingerprint density at radius 1 is 1.44 bits per heavy atom. The molecule has 0 radical (unpaired) electrons. The topological polar surface area (TPSA) is 64.8 Å². The lowest BCUT2D eigenvalue weighted by Gasteiger charge is -2.17. The summed E-state index contributed by atoms with van der Waals surface area (Å²) in [6.45, 7) is 4.23. The molecule has 0 spiro atoms. The van der Waals surface area contributed by atoms with Crippen molar-refractivity contribution in [3.05, 3.63) is 50.9 Å². The lowest BCUT2D eigenvalue weighted by Crippen LogP contribution is -2.25. The van der Waals surface area contributed by atoms with E-state index < -0.39 is 0 Å². The Morgan fingerprint density at radius 2 is 2.30 bits per heavy atom. The fourth-order valence-corrected chi connectivity index (χ4v) is 5.72. The molecule has 1 atom stereocenters. The van der Waals surface area contributed by atoms with Crippen LogP contribution in [0.2, 0.25) is 0 Å². The van der Waals surface area contributed by atoms with Crippen LogP contribution in [0.4, 0.5) is 0 Å². The van der Waals surface area contributed by atoms with Gasteiger partial charge in [-0.2, -0.15) is 0 Å². The number of hydrogen-bond donors (Lipinski definition) is 0. The Labute approximate surface area is 165 Å². The predicted molar refractivity (Wildman–Crippen MR) is 110 cm³/mol. The third-order valence-electron chi connectivity index (χ3n) is 4.85. The molecule has 0 amide bonds. The van der Waals surface area contributed by atoms with Gasteiger partial charge in [-0.15, -0.1) is 11.3 Å². The normalized spacial score (nSPS) is 16.4. The van der Waals surface area contributed by atoms with Crippen LogP contribution in [0.15, 0.2) is 34.5 Å². The van der Waals surface area contributed by atoms with E-state index in [9.17, 15) is 9.59 Å². The van der Waals surface area contributed by atoms with Crippen molar-refractivity contribution in [2.24, 2.45) is 5.92 Å². The SMILES string of the molecule is CC(=O)CSc1nc2sc3c(c2c(=O)n1Cc1cccnc1)CC[C@H](C)C3.